The number of thioether (sulfide) groups is 1. The van der Waals surface area contributed by atoms with E-state index in [1.54, 1.807) is 0 Å². The molecule has 3 rings (SSSR count). The van der Waals surface area contributed by atoms with Crippen LogP contribution in [0.15, 0.2) is 64.7 Å². The van der Waals surface area contributed by atoms with Gasteiger partial charge >= 0.3 is 0 Å². The van der Waals surface area contributed by atoms with Crippen molar-refractivity contribution in [2.24, 2.45) is 5.92 Å². The molecular formula is C19H21NS. The Hall–Kier alpha value is -1.54. The average Bonchev–Trinajstić information content (AvgIpc) is 3.02. The SMILES string of the molecule is C(=C(\CC1CCCC1)Sc1ccccc1)/c1cccnc1. The summed E-state index contributed by atoms with van der Waals surface area (Å²) in [5, 5.41) is 0. The normalized spacial score (nSPS) is 16.3. The van der Waals surface area contributed by atoms with Crippen molar-refractivity contribution in [2.75, 3.05) is 0 Å². The predicted molar refractivity (Wildman–Crippen MR) is 91.1 cm³/mol. The highest BCUT2D eigenvalue weighted by Crippen LogP contribution is 2.37. The zero-order valence-corrected chi connectivity index (χ0v) is 13.1. The Labute approximate surface area is 131 Å². The van der Waals surface area contributed by atoms with Gasteiger partial charge in [0.2, 0.25) is 0 Å². The molecule has 21 heavy (non-hydrogen) atoms. The van der Waals surface area contributed by atoms with Crippen molar-refractivity contribution in [3.05, 3.63) is 65.3 Å². The van der Waals surface area contributed by atoms with Gasteiger partial charge in [0.1, 0.15) is 0 Å². The lowest BCUT2D eigenvalue weighted by atomic mass is 10.0. The third-order valence-electron chi connectivity index (χ3n) is 3.97. The van der Waals surface area contributed by atoms with Crippen LogP contribution in [0, 0.1) is 5.92 Å². The summed E-state index contributed by atoms with van der Waals surface area (Å²) in [7, 11) is 0. The standard InChI is InChI=1S/C19H21NS/c1-2-10-18(11-3-1)21-19(13-16-7-4-5-8-16)14-17-9-6-12-20-15-17/h1-3,6,9-12,14-16H,4-5,7-8,13H2/b19-14-. The second-order valence-electron chi connectivity index (χ2n) is 5.67. The van der Waals surface area contributed by atoms with Gasteiger partial charge in [-0.3, -0.25) is 4.98 Å². The number of benzene rings is 1. The summed E-state index contributed by atoms with van der Waals surface area (Å²) in [6.45, 7) is 0. The molecule has 1 aliphatic carbocycles. The molecule has 0 radical (unpaired) electrons. The van der Waals surface area contributed by atoms with Crippen molar-refractivity contribution < 1.29 is 0 Å². The monoisotopic (exact) mass is 295 g/mol. The first-order chi connectivity index (χ1) is 10.4. The maximum absolute atomic E-state index is 4.22. The fraction of sp³-hybridized carbons (Fsp3) is 0.316. The zero-order valence-electron chi connectivity index (χ0n) is 12.2. The van der Waals surface area contributed by atoms with Crippen LogP contribution in [0.25, 0.3) is 6.08 Å². The van der Waals surface area contributed by atoms with Crippen molar-refractivity contribution in [3.63, 3.8) is 0 Å². The number of aromatic nitrogens is 1. The van der Waals surface area contributed by atoms with Gasteiger partial charge < -0.3 is 0 Å². The van der Waals surface area contributed by atoms with Crippen molar-refractivity contribution in [1.82, 2.24) is 4.98 Å². The fourth-order valence-electron chi connectivity index (χ4n) is 2.92. The van der Waals surface area contributed by atoms with Crippen molar-refractivity contribution in [2.45, 2.75) is 37.0 Å². The van der Waals surface area contributed by atoms with E-state index in [2.05, 4.69) is 47.5 Å². The van der Waals surface area contributed by atoms with Crippen LogP contribution >= 0.6 is 11.8 Å². The molecule has 1 nitrogen and oxygen atoms in total. The zero-order chi connectivity index (χ0) is 14.3. The van der Waals surface area contributed by atoms with Gasteiger partial charge in [-0.05, 0) is 47.1 Å². The summed E-state index contributed by atoms with van der Waals surface area (Å²) < 4.78 is 0. The molecule has 1 aromatic heterocycles. The van der Waals surface area contributed by atoms with Crippen LogP contribution in [0.3, 0.4) is 0 Å². The largest absolute Gasteiger partial charge is 0.264 e. The predicted octanol–water partition coefficient (Wildman–Crippen LogP) is 5.80. The van der Waals surface area contributed by atoms with Crippen molar-refractivity contribution in [1.29, 1.82) is 0 Å². The number of hydrogen-bond donors (Lipinski definition) is 0. The Kier molecular flexibility index (Phi) is 5.12. The summed E-state index contributed by atoms with van der Waals surface area (Å²) in [5.74, 6) is 0.865. The van der Waals surface area contributed by atoms with Gasteiger partial charge in [-0.2, -0.15) is 0 Å². The van der Waals surface area contributed by atoms with Gasteiger partial charge in [0.05, 0.1) is 0 Å². The molecule has 1 aliphatic rings. The van der Waals surface area contributed by atoms with Crippen LogP contribution in [-0.2, 0) is 0 Å². The summed E-state index contributed by atoms with van der Waals surface area (Å²) in [5.41, 5.74) is 1.20. The van der Waals surface area contributed by atoms with Crippen LogP contribution in [0.4, 0.5) is 0 Å². The van der Waals surface area contributed by atoms with E-state index < -0.39 is 0 Å². The van der Waals surface area contributed by atoms with Gasteiger partial charge in [0.25, 0.3) is 0 Å². The molecule has 0 N–H and O–H groups in total. The summed E-state index contributed by atoms with van der Waals surface area (Å²) >= 11 is 1.90. The molecule has 0 unspecified atom stereocenters. The molecule has 1 heterocycles. The van der Waals surface area contributed by atoms with Gasteiger partial charge in [-0.1, -0.05) is 61.7 Å². The van der Waals surface area contributed by atoms with E-state index in [1.165, 1.54) is 47.5 Å². The Morgan fingerprint density at radius 1 is 1.10 bits per heavy atom. The van der Waals surface area contributed by atoms with E-state index in [0.717, 1.165) is 5.92 Å². The maximum Gasteiger partial charge on any atom is 0.0340 e. The lowest BCUT2D eigenvalue weighted by Gasteiger charge is -2.13. The second kappa shape index (κ2) is 7.46. The molecule has 0 amide bonds. The molecule has 0 atom stereocenters. The van der Waals surface area contributed by atoms with Gasteiger partial charge in [-0.15, -0.1) is 0 Å². The molecule has 1 aromatic carbocycles. The Morgan fingerprint density at radius 3 is 2.62 bits per heavy atom. The number of pyridine rings is 1. The minimum atomic E-state index is 0.865. The lowest BCUT2D eigenvalue weighted by molar-refractivity contribution is 0.555. The highest BCUT2D eigenvalue weighted by atomic mass is 32.2. The minimum Gasteiger partial charge on any atom is -0.264 e. The highest BCUT2D eigenvalue weighted by Gasteiger charge is 2.17. The smallest absolute Gasteiger partial charge is 0.0340 e. The molecular weight excluding hydrogens is 274 g/mol. The van der Waals surface area contributed by atoms with Crippen LogP contribution < -0.4 is 0 Å². The molecule has 1 fully saturated rings. The first kappa shape index (κ1) is 14.4. The Morgan fingerprint density at radius 2 is 1.90 bits per heavy atom. The molecule has 0 bridgehead atoms. The topological polar surface area (TPSA) is 12.9 Å². The van der Waals surface area contributed by atoms with E-state index in [-0.39, 0.29) is 0 Å². The lowest BCUT2D eigenvalue weighted by Crippen LogP contribution is -1.94. The van der Waals surface area contributed by atoms with E-state index in [0.29, 0.717) is 0 Å². The summed E-state index contributed by atoms with van der Waals surface area (Å²) in [6, 6.07) is 14.8. The molecule has 2 aromatic rings. The van der Waals surface area contributed by atoms with E-state index in [4.69, 9.17) is 0 Å². The Balaban J connectivity index is 1.78. The molecule has 108 valence electrons. The van der Waals surface area contributed by atoms with Crippen LogP contribution in [0.2, 0.25) is 0 Å². The number of rotatable bonds is 5. The maximum atomic E-state index is 4.22. The van der Waals surface area contributed by atoms with Crippen LogP contribution in [0.1, 0.15) is 37.7 Å². The molecule has 0 saturated heterocycles. The third-order valence-corrected chi connectivity index (χ3v) is 5.02. The first-order valence-electron chi connectivity index (χ1n) is 7.73. The molecule has 0 aliphatic heterocycles. The molecule has 0 spiro atoms. The van der Waals surface area contributed by atoms with Crippen molar-refractivity contribution in [3.8, 4) is 0 Å². The number of hydrogen-bond acceptors (Lipinski definition) is 2. The first-order valence-corrected chi connectivity index (χ1v) is 8.55. The number of nitrogens with zero attached hydrogens (tertiary/aromatic N) is 1. The van der Waals surface area contributed by atoms with Crippen LogP contribution in [0.5, 0.6) is 0 Å². The van der Waals surface area contributed by atoms with E-state index in [1.807, 2.05) is 30.2 Å². The molecule has 1 saturated carbocycles. The van der Waals surface area contributed by atoms with Crippen molar-refractivity contribution >= 4 is 17.8 Å². The molecule has 2 heteroatoms. The van der Waals surface area contributed by atoms with Gasteiger partial charge in [0, 0.05) is 17.3 Å². The number of allylic oxidation sites excluding steroid dienone is 1. The second-order valence-corrected chi connectivity index (χ2v) is 6.87. The van der Waals surface area contributed by atoms with Gasteiger partial charge in [0.15, 0.2) is 0 Å². The van der Waals surface area contributed by atoms with Crippen LogP contribution in [-0.4, -0.2) is 4.98 Å². The summed E-state index contributed by atoms with van der Waals surface area (Å²) in [4.78, 5) is 7.01. The third kappa shape index (κ3) is 4.47. The quantitative estimate of drug-likeness (QED) is 0.647. The summed E-state index contributed by atoms with van der Waals surface area (Å²) in [6.07, 6.45) is 12.9. The van der Waals surface area contributed by atoms with E-state index >= 15 is 0 Å². The fourth-order valence-corrected chi connectivity index (χ4v) is 4.03. The van der Waals surface area contributed by atoms with Gasteiger partial charge in [-0.25, -0.2) is 0 Å². The average molecular weight is 295 g/mol. The van der Waals surface area contributed by atoms with E-state index in [9.17, 15) is 0 Å². The Bertz CT molecular complexity index is 571. The minimum absolute atomic E-state index is 0.865. The highest BCUT2D eigenvalue weighted by molar-refractivity contribution is 8.03.